The number of nitrogens with zero attached hydrogens (tertiary/aromatic N) is 3. The SMILES string of the molecule is [C-]#[N+]c1ccc(N(CCCCCCC)CCc2csc(SC(C)(C)C(=O)O)n2)cc1Cl. The zero-order chi connectivity index (χ0) is 22.9. The van der Waals surface area contributed by atoms with Crippen LogP contribution in [0.25, 0.3) is 4.85 Å². The van der Waals surface area contributed by atoms with Crippen LogP contribution >= 0.6 is 34.7 Å². The number of hydrogen-bond acceptors (Lipinski definition) is 5. The van der Waals surface area contributed by atoms with E-state index >= 15 is 0 Å². The summed E-state index contributed by atoms with van der Waals surface area (Å²) in [7, 11) is 0. The molecule has 0 radical (unpaired) electrons. The monoisotopic (exact) mass is 479 g/mol. The topological polar surface area (TPSA) is 57.8 Å². The Balaban J connectivity index is 2.05. The van der Waals surface area contributed by atoms with Gasteiger partial charge >= 0.3 is 5.97 Å². The molecule has 1 aromatic heterocycles. The fourth-order valence-electron chi connectivity index (χ4n) is 3.02. The van der Waals surface area contributed by atoms with E-state index in [0.717, 1.165) is 41.7 Å². The van der Waals surface area contributed by atoms with E-state index in [9.17, 15) is 9.90 Å². The Kier molecular flexibility index (Phi) is 10.1. The Morgan fingerprint density at radius 3 is 2.68 bits per heavy atom. The summed E-state index contributed by atoms with van der Waals surface area (Å²) in [5.74, 6) is -0.844. The average Bonchev–Trinajstić information content (AvgIpc) is 3.16. The lowest BCUT2D eigenvalue weighted by Crippen LogP contribution is -2.27. The van der Waals surface area contributed by atoms with Gasteiger partial charge in [0, 0.05) is 35.6 Å². The highest BCUT2D eigenvalue weighted by Gasteiger charge is 2.29. The highest BCUT2D eigenvalue weighted by atomic mass is 35.5. The zero-order valence-corrected chi connectivity index (χ0v) is 20.7. The van der Waals surface area contributed by atoms with Gasteiger partial charge in [-0.15, -0.1) is 11.3 Å². The van der Waals surface area contributed by atoms with Gasteiger partial charge in [-0.25, -0.2) is 9.83 Å². The second-order valence-electron chi connectivity index (χ2n) is 7.92. The van der Waals surface area contributed by atoms with Crippen LogP contribution in [0.3, 0.4) is 0 Å². The molecule has 0 spiro atoms. The van der Waals surface area contributed by atoms with Crippen LogP contribution in [0.1, 0.15) is 58.6 Å². The molecule has 0 fully saturated rings. The minimum Gasteiger partial charge on any atom is -0.480 e. The van der Waals surface area contributed by atoms with Crippen molar-refractivity contribution in [2.75, 3.05) is 18.0 Å². The average molecular weight is 480 g/mol. The summed E-state index contributed by atoms with van der Waals surface area (Å²) in [5.41, 5.74) is 2.45. The van der Waals surface area contributed by atoms with Gasteiger partial charge in [-0.3, -0.25) is 4.79 Å². The Hall–Kier alpha value is -1.75. The number of rotatable bonds is 13. The first-order valence-electron chi connectivity index (χ1n) is 10.6. The van der Waals surface area contributed by atoms with Crippen LogP contribution in [-0.4, -0.2) is 33.9 Å². The third-order valence-corrected chi connectivity index (χ3v) is 7.45. The number of carboxylic acid groups (broad SMARTS) is 1. The largest absolute Gasteiger partial charge is 0.480 e. The van der Waals surface area contributed by atoms with Crippen molar-refractivity contribution in [2.45, 2.75) is 68.4 Å². The molecule has 0 amide bonds. The molecule has 2 rings (SSSR count). The van der Waals surface area contributed by atoms with Gasteiger partial charge in [-0.05, 0) is 32.4 Å². The molecule has 0 unspecified atom stereocenters. The summed E-state index contributed by atoms with van der Waals surface area (Å²) >= 11 is 9.05. The normalized spacial score (nSPS) is 11.3. The maximum absolute atomic E-state index is 11.4. The van der Waals surface area contributed by atoms with Gasteiger partial charge in [-0.2, -0.15) is 0 Å². The maximum atomic E-state index is 11.4. The molecule has 2 aromatic rings. The first-order valence-corrected chi connectivity index (χ1v) is 12.6. The molecule has 168 valence electrons. The van der Waals surface area contributed by atoms with Crippen molar-refractivity contribution < 1.29 is 9.90 Å². The molecular weight excluding hydrogens is 450 g/mol. The lowest BCUT2D eigenvalue weighted by Gasteiger charge is -2.25. The van der Waals surface area contributed by atoms with E-state index in [2.05, 4.69) is 21.7 Å². The fourth-order valence-corrected chi connectivity index (χ4v) is 5.46. The van der Waals surface area contributed by atoms with E-state index in [-0.39, 0.29) is 0 Å². The molecule has 0 aliphatic rings. The van der Waals surface area contributed by atoms with E-state index in [1.54, 1.807) is 19.9 Å². The minimum absolute atomic E-state index is 0.468. The van der Waals surface area contributed by atoms with Crippen molar-refractivity contribution in [3.8, 4) is 0 Å². The van der Waals surface area contributed by atoms with Crippen molar-refractivity contribution in [1.82, 2.24) is 4.98 Å². The van der Waals surface area contributed by atoms with Crippen molar-refractivity contribution in [2.24, 2.45) is 0 Å². The molecule has 31 heavy (non-hydrogen) atoms. The minimum atomic E-state index is -0.902. The van der Waals surface area contributed by atoms with Crippen LogP contribution in [0.2, 0.25) is 5.02 Å². The molecule has 0 bridgehead atoms. The molecule has 0 saturated carbocycles. The summed E-state index contributed by atoms with van der Waals surface area (Å²) in [4.78, 5) is 21.8. The first-order chi connectivity index (χ1) is 14.8. The van der Waals surface area contributed by atoms with Gasteiger partial charge in [-0.1, -0.05) is 62.0 Å². The number of aliphatic carboxylic acids is 1. The Labute approximate surface area is 198 Å². The number of anilines is 1. The Morgan fingerprint density at radius 1 is 1.29 bits per heavy atom. The van der Waals surface area contributed by atoms with Crippen molar-refractivity contribution >= 4 is 52.0 Å². The van der Waals surface area contributed by atoms with Crippen LogP contribution < -0.4 is 4.90 Å². The molecule has 0 atom stereocenters. The summed E-state index contributed by atoms with van der Waals surface area (Å²) in [6.07, 6.45) is 6.79. The van der Waals surface area contributed by atoms with Crippen LogP contribution in [0, 0.1) is 6.57 Å². The number of hydrogen-bond donors (Lipinski definition) is 1. The Bertz CT molecular complexity index is 908. The summed E-state index contributed by atoms with van der Waals surface area (Å²) in [6.45, 7) is 14.5. The number of carbonyl (C=O) groups is 1. The highest BCUT2D eigenvalue weighted by molar-refractivity contribution is 8.02. The number of thiazole rings is 1. The quantitative estimate of drug-likeness (QED) is 0.185. The number of benzene rings is 1. The van der Waals surface area contributed by atoms with Crippen molar-refractivity contribution in [3.05, 3.63) is 45.7 Å². The van der Waals surface area contributed by atoms with Crippen LogP contribution in [0.15, 0.2) is 27.9 Å². The number of halogens is 1. The standard InChI is InChI=1S/C23H30ClN3O2S2/c1-5-6-7-8-9-13-27(18-10-11-20(25-4)19(24)15-18)14-12-17-16-30-22(26-17)31-23(2,3)21(28)29/h10-11,15-16H,5-9,12-14H2,1-3H3,(H,28,29). The number of aromatic nitrogens is 1. The predicted molar refractivity (Wildman–Crippen MR) is 132 cm³/mol. The van der Waals surface area contributed by atoms with Crippen molar-refractivity contribution in [3.63, 3.8) is 0 Å². The highest BCUT2D eigenvalue weighted by Crippen LogP contribution is 2.35. The number of carboxylic acids is 1. The predicted octanol–water partition coefficient (Wildman–Crippen LogP) is 7.32. The smallest absolute Gasteiger partial charge is 0.319 e. The molecule has 8 heteroatoms. The van der Waals surface area contributed by atoms with Gasteiger partial charge in [0.2, 0.25) is 5.69 Å². The number of unbranched alkanes of at least 4 members (excludes halogenated alkanes) is 4. The third-order valence-electron chi connectivity index (χ3n) is 4.97. The van der Waals surface area contributed by atoms with Crippen LogP contribution in [0.4, 0.5) is 11.4 Å². The van der Waals surface area contributed by atoms with E-state index in [0.29, 0.717) is 10.7 Å². The van der Waals surface area contributed by atoms with E-state index in [4.69, 9.17) is 18.2 Å². The van der Waals surface area contributed by atoms with Crippen LogP contribution in [0.5, 0.6) is 0 Å². The lowest BCUT2D eigenvalue weighted by molar-refractivity contribution is -0.138. The van der Waals surface area contributed by atoms with E-state index < -0.39 is 10.7 Å². The maximum Gasteiger partial charge on any atom is 0.319 e. The van der Waals surface area contributed by atoms with Gasteiger partial charge in [0.1, 0.15) is 4.75 Å². The molecule has 0 aliphatic heterocycles. The van der Waals surface area contributed by atoms with Gasteiger partial charge in [0.05, 0.1) is 12.3 Å². The molecular formula is C23H30ClN3O2S2. The second-order valence-corrected chi connectivity index (χ2v) is 11.1. The van der Waals surface area contributed by atoms with Gasteiger partial charge < -0.3 is 10.0 Å². The summed E-state index contributed by atoms with van der Waals surface area (Å²) < 4.78 is -0.126. The second kappa shape index (κ2) is 12.3. The first kappa shape index (κ1) is 25.5. The molecule has 5 nitrogen and oxygen atoms in total. The molecule has 0 aliphatic carbocycles. The van der Waals surface area contributed by atoms with Gasteiger partial charge in [0.15, 0.2) is 4.34 Å². The fraction of sp³-hybridized carbons (Fsp3) is 0.522. The van der Waals surface area contributed by atoms with E-state index in [1.807, 2.05) is 17.5 Å². The molecule has 1 aromatic carbocycles. The third kappa shape index (κ3) is 8.03. The van der Waals surface area contributed by atoms with Gasteiger partial charge in [0.25, 0.3) is 0 Å². The summed E-state index contributed by atoms with van der Waals surface area (Å²) in [5, 5.41) is 11.8. The Morgan fingerprint density at radius 2 is 2.03 bits per heavy atom. The molecule has 1 heterocycles. The van der Waals surface area contributed by atoms with Crippen LogP contribution in [-0.2, 0) is 11.2 Å². The molecule has 1 N–H and O–H groups in total. The lowest BCUT2D eigenvalue weighted by atomic mass is 10.1. The number of thioether (sulfide) groups is 1. The van der Waals surface area contributed by atoms with Crippen molar-refractivity contribution in [1.29, 1.82) is 0 Å². The summed E-state index contributed by atoms with van der Waals surface area (Å²) in [6, 6.07) is 5.61. The zero-order valence-electron chi connectivity index (χ0n) is 18.4. The molecule has 0 saturated heterocycles. The van der Waals surface area contributed by atoms with E-state index in [1.165, 1.54) is 48.8 Å².